The molecular formula is C28H26F3NO5. The van der Waals surface area contributed by atoms with Crippen molar-refractivity contribution in [3.8, 4) is 11.5 Å². The van der Waals surface area contributed by atoms with Gasteiger partial charge < -0.3 is 20.3 Å². The molecule has 0 radical (unpaired) electrons. The number of alkyl halides is 3. The van der Waals surface area contributed by atoms with Crippen LogP contribution >= 0.6 is 0 Å². The van der Waals surface area contributed by atoms with Gasteiger partial charge in [-0.1, -0.05) is 18.2 Å². The summed E-state index contributed by atoms with van der Waals surface area (Å²) in [6.45, 7) is 3.67. The van der Waals surface area contributed by atoms with E-state index in [1.54, 1.807) is 44.2 Å². The number of aromatic hydroxyl groups is 1. The molecule has 0 bridgehead atoms. The number of benzene rings is 3. The second-order valence-electron chi connectivity index (χ2n) is 9.24. The Morgan fingerprint density at radius 2 is 1.76 bits per heavy atom. The molecule has 0 saturated heterocycles. The van der Waals surface area contributed by atoms with E-state index >= 15 is 0 Å². The number of aliphatic carboxylic acids is 1. The summed E-state index contributed by atoms with van der Waals surface area (Å²) in [5.41, 5.74) is 1.22. The number of phenolic OH excluding ortho intramolecular Hbond substituents is 1. The van der Waals surface area contributed by atoms with Crippen LogP contribution in [0.2, 0.25) is 0 Å². The molecule has 194 valence electrons. The van der Waals surface area contributed by atoms with E-state index in [1.165, 1.54) is 12.1 Å². The first-order valence-electron chi connectivity index (χ1n) is 11.7. The molecule has 0 aromatic heterocycles. The third-order valence-corrected chi connectivity index (χ3v) is 6.44. The summed E-state index contributed by atoms with van der Waals surface area (Å²) in [5, 5.41) is 21.1. The van der Waals surface area contributed by atoms with Crippen LogP contribution < -0.4 is 10.1 Å². The maximum Gasteiger partial charge on any atom is 0.418 e. The van der Waals surface area contributed by atoms with E-state index in [1.807, 2.05) is 6.07 Å². The highest BCUT2D eigenvalue weighted by Gasteiger charge is 2.45. The largest absolute Gasteiger partial charge is 0.508 e. The number of hydrogen-bond acceptors (Lipinski definition) is 4. The summed E-state index contributed by atoms with van der Waals surface area (Å²) in [6, 6.07) is 13.5. The fourth-order valence-electron chi connectivity index (χ4n) is 4.53. The molecule has 1 fully saturated rings. The van der Waals surface area contributed by atoms with Gasteiger partial charge in [0.15, 0.2) is 0 Å². The number of rotatable bonds is 8. The fraction of sp³-hybridized carbons (Fsp3) is 0.286. The number of phenols is 1. The summed E-state index contributed by atoms with van der Waals surface area (Å²) in [4.78, 5) is 24.3. The number of amides is 1. The molecule has 4 rings (SSSR count). The molecule has 2 atom stereocenters. The normalized spacial score (nSPS) is 16.8. The van der Waals surface area contributed by atoms with E-state index in [-0.39, 0.29) is 17.2 Å². The Balaban J connectivity index is 1.51. The smallest absolute Gasteiger partial charge is 0.418 e. The minimum absolute atomic E-state index is 0.164. The van der Waals surface area contributed by atoms with E-state index in [4.69, 9.17) is 9.84 Å². The number of nitrogens with one attached hydrogen (secondary N) is 1. The molecule has 37 heavy (non-hydrogen) atoms. The van der Waals surface area contributed by atoms with Crippen LogP contribution in [-0.2, 0) is 17.4 Å². The van der Waals surface area contributed by atoms with Gasteiger partial charge in [-0.15, -0.1) is 0 Å². The molecule has 1 aliphatic carbocycles. The third-order valence-electron chi connectivity index (χ3n) is 6.44. The van der Waals surface area contributed by atoms with Crippen molar-refractivity contribution in [1.82, 2.24) is 0 Å². The number of aryl methyl sites for hydroxylation is 2. The average molecular weight is 514 g/mol. The van der Waals surface area contributed by atoms with Gasteiger partial charge in [0.1, 0.15) is 11.5 Å². The molecule has 3 aromatic carbocycles. The summed E-state index contributed by atoms with van der Waals surface area (Å²) in [7, 11) is 0. The van der Waals surface area contributed by atoms with Gasteiger partial charge in [-0.25, -0.2) is 0 Å². The van der Waals surface area contributed by atoms with Crippen LogP contribution in [0, 0.1) is 19.8 Å². The van der Waals surface area contributed by atoms with Crippen molar-refractivity contribution in [2.24, 2.45) is 5.92 Å². The molecule has 1 amide bonds. The van der Waals surface area contributed by atoms with Crippen molar-refractivity contribution in [2.75, 3.05) is 11.9 Å². The molecule has 1 aliphatic rings. The molecule has 1 saturated carbocycles. The Bertz CT molecular complexity index is 1330. The fourth-order valence-corrected chi connectivity index (χ4v) is 4.53. The van der Waals surface area contributed by atoms with Crippen molar-refractivity contribution >= 4 is 17.6 Å². The molecule has 0 aliphatic heterocycles. The Morgan fingerprint density at radius 1 is 1.05 bits per heavy atom. The second-order valence-corrected chi connectivity index (χ2v) is 9.24. The molecule has 9 heteroatoms. The SMILES string of the molecule is Cc1cc(OCCc2cccc(O)c2)cc(C)c1C(=O)Nc1cc([C@H]2C[C@H]2C(=O)O)ccc1C(F)(F)F. The Hall–Kier alpha value is -4.01. The molecule has 3 aromatic rings. The summed E-state index contributed by atoms with van der Waals surface area (Å²) < 4.78 is 46.8. The summed E-state index contributed by atoms with van der Waals surface area (Å²) >= 11 is 0. The molecule has 0 heterocycles. The number of carboxylic acid groups (broad SMARTS) is 1. The first-order valence-corrected chi connectivity index (χ1v) is 11.7. The number of carbonyl (C=O) groups is 2. The number of ether oxygens (including phenoxy) is 1. The van der Waals surface area contributed by atoms with Crippen molar-refractivity contribution in [3.05, 3.63) is 88.0 Å². The van der Waals surface area contributed by atoms with Gasteiger partial charge in [0.25, 0.3) is 5.91 Å². The Kier molecular flexibility index (Phi) is 7.16. The van der Waals surface area contributed by atoms with Crippen LogP contribution in [0.5, 0.6) is 11.5 Å². The van der Waals surface area contributed by atoms with E-state index in [0.29, 0.717) is 41.9 Å². The number of anilines is 1. The van der Waals surface area contributed by atoms with Crippen molar-refractivity contribution in [3.63, 3.8) is 0 Å². The van der Waals surface area contributed by atoms with Crippen molar-refractivity contribution in [1.29, 1.82) is 0 Å². The van der Waals surface area contributed by atoms with Crippen LogP contribution in [0.1, 0.15) is 50.5 Å². The zero-order valence-corrected chi connectivity index (χ0v) is 20.2. The van der Waals surface area contributed by atoms with Gasteiger partial charge in [-0.05, 0) is 84.8 Å². The topological polar surface area (TPSA) is 95.9 Å². The van der Waals surface area contributed by atoms with Gasteiger partial charge in [-0.2, -0.15) is 13.2 Å². The van der Waals surface area contributed by atoms with Gasteiger partial charge in [-0.3, -0.25) is 9.59 Å². The van der Waals surface area contributed by atoms with E-state index in [0.717, 1.165) is 11.6 Å². The quantitative estimate of drug-likeness (QED) is 0.339. The lowest BCUT2D eigenvalue weighted by molar-refractivity contribution is -0.139. The molecule has 0 spiro atoms. The van der Waals surface area contributed by atoms with Gasteiger partial charge in [0.2, 0.25) is 0 Å². The minimum atomic E-state index is -4.70. The van der Waals surface area contributed by atoms with Gasteiger partial charge in [0, 0.05) is 12.0 Å². The highest BCUT2D eigenvalue weighted by molar-refractivity contribution is 6.07. The van der Waals surface area contributed by atoms with Crippen LogP contribution in [0.15, 0.2) is 54.6 Å². The average Bonchev–Trinajstić information content (AvgIpc) is 3.59. The minimum Gasteiger partial charge on any atom is -0.508 e. The molecule has 3 N–H and O–H groups in total. The predicted molar refractivity (Wildman–Crippen MR) is 131 cm³/mol. The monoisotopic (exact) mass is 513 g/mol. The molecular weight excluding hydrogens is 487 g/mol. The molecule has 0 unspecified atom stereocenters. The van der Waals surface area contributed by atoms with Crippen LogP contribution in [0.25, 0.3) is 0 Å². The van der Waals surface area contributed by atoms with E-state index in [9.17, 15) is 27.9 Å². The Morgan fingerprint density at radius 3 is 2.35 bits per heavy atom. The zero-order chi connectivity index (χ0) is 26.9. The van der Waals surface area contributed by atoms with Crippen molar-refractivity contribution < 1.29 is 37.7 Å². The maximum absolute atomic E-state index is 13.7. The maximum atomic E-state index is 13.7. The van der Waals surface area contributed by atoms with E-state index < -0.39 is 35.2 Å². The summed E-state index contributed by atoms with van der Waals surface area (Å²) in [5.74, 6) is -2.03. The number of halogens is 3. The lowest BCUT2D eigenvalue weighted by Gasteiger charge is -2.17. The first-order chi connectivity index (χ1) is 17.4. The first kappa shape index (κ1) is 26.1. The lowest BCUT2D eigenvalue weighted by atomic mass is 10.00. The van der Waals surface area contributed by atoms with Crippen LogP contribution in [0.4, 0.5) is 18.9 Å². The second kappa shape index (κ2) is 10.2. The predicted octanol–water partition coefficient (Wildman–Crippen LogP) is 6.09. The number of carboxylic acids is 1. The van der Waals surface area contributed by atoms with E-state index in [2.05, 4.69) is 5.32 Å². The van der Waals surface area contributed by atoms with Crippen molar-refractivity contribution in [2.45, 2.75) is 38.8 Å². The number of carbonyl (C=O) groups excluding carboxylic acids is 1. The number of hydrogen-bond donors (Lipinski definition) is 3. The van der Waals surface area contributed by atoms with Crippen LogP contribution in [-0.4, -0.2) is 28.7 Å². The van der Waals surface area contributed by atoms with Gasteiger partial charge in [0.05, 0.1) is 23.8 Å². The zero-order valence-electron chi connectivity index (χ0n) is 20.2. The highest BCUT2D eigenvalue weighted by Crippen LogP contribution is 2.49. The highest BCUT2D eigenvalue weighted by atomic mass is 19.4. The van der Waals surface area contributed by atoms with Crippen LogP contribution in [0.3, 0.4) is 0 Å². The Labute approximate surface area is 211 Å². The molecule has 6 nitrogen and oxygen atoms in total. The third kappa shape index (κ3) is 6.04. The van der Waals surface area contributed by atoms with Gasteiger partial charge >= 0.3 is 12.1 Å². The summed E-state index contributed by atoms with van der Waals surface area (Å²) in [6.07, 6.45) is -3.80. The lowest BCUT2D eigenvalue weighted by Crippen LogP contribution is -2.19. The standard InChI is InChI=1S/C28H26F3NO5/c1-15-10-20(37-9-8-17-4-3-5-19(33)12-17)11-16(2)25(15)26(34)32-24-13-18(21-14-22(21)27(35)36)6-7-23(24)28(29,30)31/h3-7,10-13,21-22,33H,8-9,14H2,1-2H3,(H,32,34)(H,35,36)/t21-,22-/m1/s1.